The van der Waals surface area contributed by atoms with Gasteiger partial charge in [0.15, 0.2) is 5.78 Å². The third kappa shape index (κ3) is 2.43. The first-order valence-corrected chi connectivity index (χ1v) is 10.1. The molecule has 1 aliphatic heterocycles. The second kappa shape index (κ2) is 6.36. The molecule has 1 aliphatic carbocycles. The summed E-state index contributed by atoms with van der Waals surface area (Å²) >= 11 is 0.892. The first kappa shape index (κ1) is 18.7. The summed E-state index contributed by atoms with van der Waals surface area (Å²) in [6.45, 7) is 0.579. The maximum atomic E-state index is 13.2. The minimum atomic E-state index is -0.608. The number of phenolic OH excluding ortho intramolecular Hbond substituents is 2. The van der Waals surface area contributed by atoms with Crippen molar-refractivity contribution in [3.05, 3.63) is 56.8 Å². The minimum Gasteiger partial charge on any atom is -0.506 e. The van der Waals surface area contributed by atoms with Crippen LogP contribution in [0.3, 0.4) is 0 Å². The Morgan fingerprint density at radius 1 is 0.967 bits per heavy atom. The van der Waals surface area contributed by atoms with Gasteiger partial charge in [-0.25, -0.2) is 0 Å². The van der Waals surface area contributed by atoms with Gasteiger partial charge in [0.05, 0.1) is 20.9 Å². The predicted molar refractivity (Wildman–Crippen MR) is 110 cm³/mol. The van der Waals surface area contributed by atoms with Crippen molar-refractivity contribution >= 4 is 39.6 Å². The number of hydrogen-bond donors (Lipinski definition) is 4. The lowest BCUT2D eigenvalue weighted by atomic mass is 9.85. The summed E-state index contributed by atoms with van der Waals surface area (Å²) in [7, 11) is 0. The zero-order chi connectivity index (χ0) is 21.3. The largest absolute Gasteiger partial charge is 0.506 e. The maximum Gasteiger partial charge on any atom is 0.264 e. The van der Waals surface area contributed by atoms with Crippen molar-refractivity contribution in [3.63, 3.8) is 0 Å². The zero-order valence-electron chi connectivity index (χ0n) is 15.6. The number of nitrogens with zero attached hydrogens (tertiary/aromatic N) is 1. The Labute approximate surface area is 174 Å². The Morgan fingerprint density at radius 2 is 1.50 bits per heavy atom. The Balaban J connectivity index is 1.64. The van der Waals surface area contributed by atoms with Gasteiger partial charge in [-0.15, -0.1) is 11.3 Å². The highest BCUT2D eigenvalue weighted by molar-refractivity contribution is 7.16. The van der Waals surface area contributed by atoms with Crippen molar-refractivity contribution in [2.75, 3.05) is 13.1 Å². The second-order valence-corrected chi connectivity index (χ2v) is 8.59. The molecule has 0 bridgehead atoms. The molecule has 152 valence electrons. The number of hydrogen-bond acceptors (Lipinski definition) is 8. The Kier molecular flexibility index (Phi) is 3.97. The molecule has 2 aliphatic rings. The van der Waals surface area contributed by atoms with Gasteiger partial charge >= 0.3 is 0 Å². The number of nitrogens with two attached hydrogens (primary N) is 2. The molecule has 30 heavy (non-hydrogen) atoms. The molecule has 9 heteroatoms. The number of ketones is 2. The van der Waals surface area contributed by atoms with E-state index < -0.39 is 11.6 Å². The summed E-state index contributed by atoms with van der Waals surface area (Å²) in [6.07, 6.45) is 0. The highest BCUT2D eigenvalue weighted by Crippen LogP contribution is 2.45. The van der Waals surface area contributed by atoms with E-state index in [1.165, 1.54) is 11.0 Å². The van der Waals surface area contributed by atoms with Crippen LogP contribution in [0.5, 0.6) is 11.5 Å². The number of thiophene rings is 1. The van der Waals surface area contributed by atoms with Gasteiger partial charge in [-0.05, 0) is 6.07 Å². The number of fused-ring (bicyclic) bond motifs is 3. The quantitative estimate of drug-likeness (QED) is 0.336. The molecule has 2 heterocycles. The number of phenols is 2. The summed E-state index contributed by atoms with van der Waals surface area (Å²) < 4.78 is 0. The van der Waals surface area contributed by atoms with Crippen LogP contribution in [0.15, 0.2) is 30.3 Å². The van der Waals surface area contributed by atoms with E-state index in [1.54, 1.807) is 24.3 Å². The molecule has 0 unspecified atom stereocenters. The van der Waals surface area contributed by atoms with E-state index in [0.29, 0.717) is 0 Å². The predicted octanol–water partition coefficient (Wildman–Crippen LogP) is 1.20. The van der Waals surface area contributed by atoms with Crippen LogP contribution in [-0.4, -0.2) is 57.8 Å². The Hall–Kier alpha value is -3.27. The lowest BCUT2D eigenvalue weighted by Gasteiger charge is -2.18. The SMILES string of the molecule is N[C@@H]1CN(C(=O)c2cc3c(s2)C(=O)c2c(c(O)c4ccccc4c2O)C3=O)C[C@H]1N. The van der Waals surface area contributed by atoms with Gasteiger partial charge in [-0.3, -0.25) is 14.4 Å². The van der Waals surface area contributed by atoms with Crippen molar-refractivity contribution in [2.45, 2.75) is 12.1 Å². The fourth-order valence-corrected chi connectivity index (χ4v) is 5.17. The standard InChI is InChI=1S/C21H17N3O5S/c22-11-6-24(7-12(11)23)21(29)13-5-10-18(27)14-15(19(28)20(10)30-13)17(26)9-4-2-1-3-8(9)16(14)25/h1-5,11-12,25-26H,6-7,22-23H2/t11-,12-/m1/s1. The third-order valence-electron chi connectivity index (χ3n) is 5.71. The lowest BCUT2D eigenvalue weighted by molar-refractivity contribution is 0.0794. The Morgan fingerprint density at radius 3 is 2.07 bits per heavy atom. The van der Waals surface area contributed by atoms with Crippen LogP contribution < -0.4 is 11.5 Å². The van der Waals surface area contributed by atoms with E-state index in [9.17, 15) is 24.6 Å². The maximum absolute atomic E-state index is 13.2. The Bertz CT molecular complexity index is 1190. The van der Waals surface area contributed by atoms with Gasteiger partial charge in [0.1, 0.15) is 11.5 Å². The van der Waals surface area contributed by atoms with Crippen LogP contribution >= 0.6 is 11.3 Å². The number of amides is 1. The van der Waals surface area contributed by atoms with Gasteiger partial charge in [-0.1, -0.05) is 24.3 Å². The second-order valence-electron chi connectivity index (χ2n) is 7.54. The van der Waals surface area contributed by atoms with Crippen LogP contribution in [0.1, 0.15) is 40.8 Å². The summed E-state index contributed by atoms with van der Waals surface area (Å²) in [5, 5.41) is 21.9. The topological polar surface area (TPSA) is 147 Å². The summed E-state index contributed by atoms with van der Waals surface area (Å²) in [5.74, 6) is -2.29. The molecule has 1 amide bonds. The van der Waals surface area contributed by atoms with E-state index >= 15 is 0 Å². The minimum absolute atomic E-state index is 0.0404. The van der Waals surface area contributed by atoms with Crippen molar-refractivity contribution in [3.8, 4) is 11.5 Å². The van der Waals surface area contributed by atoms with Gasteiger partial charge < -0.3 is 26.6 Å². The molecule has 6 N–H and O–H groups in total. The number of aromatic hydroxyl groups is 2. The van der Waals surface area contributed by atoms with Crippen LogP contribution in [0.2, 0.25) is 0 Å². The van der Waals surface area contributed by atoms with Crippen molar-refractivity contribution < 1.29 is 24.6 Å². The van der Waals surface area contributed by atoms with E-state index in [-0.39, 0.29) is 79.8 Å². The highest BCUT2D eigenvalue weighted by Gasteiger charge is 2.39. The molecule has 8 nitrogen and oxygen atoms in total. The molecule has 1 fully saturated rings. The number of benzene rings is 2. The first-order valence-electron chi connectivity index (χ1n) is 9.30. The average molecular weight is 423 g/mol. The molecule has 2 atom stereocenters. The van der Waals surface area contributed by atoms with Crippen molar-refractivity contribution in [1.29, 1.82) is 0 Å². The lowest BCUT2D eigenvalue weighted by Crippen LogP contribution is -2.39. The summed E-state index contributed by atoms with van der Waals surface area (Å²) in [4.78, 5) is 40.9. The number of carbonyl (C=O) groups excluding carboxylic acids is 3. The monoisotopic (exact) mass is 423 g/mol. The fraction of sp³-hybridized carbons (Fsp3) is 0.190. The molecular formula is C21H17N3O5S. The van der Waals surface area contributed by atoms with Crippen molar-refractivity contribution in [2.24, 2.45) is 11.5 Å². The van der Waals surface area contributed by atoms with Crippen molar-refractivity contribution in [1.82, 2.24) is 4.90 Å². The third-order valence-corrected chi connectivity index (χ3v) is 6.83. The van der Waals surface area contributed by atoms with E-state index in [0.717, 1.165) is 11.3 Å². The zero-order valence-corrected chi connectivity index (χ0v) is 16.4. The average Bonchev–Trinajstić information content (AvgIpc) is 3.33. The molecule has 5 rings (SSSR count). The number of carbonyl (C=O) groups is 3. The van der Waals surface area contributed by atoms with Crippen LogP contribution in [0.4, 0.5) is 0 Å². The smallest absolute Gasteiger partial charge is 0.264 e. The van der Waals surface area contributed by atoms with Gasteiger partial charge in [-0.2, -0.15) is 0 Å². The van der Waals surface area contributed by atoms with E-state index in [1.807, 2.05) is 0 Å². The van der Waals surface area contributed by atoms with Crippen LogP contribution in [0, 0.1) is 0 Å². The van der Waals surface area contributed by atoms with E-state index in [2.05, 4.69) is 0 Å². The molecule has 2 aromatic carbocycles. The number of rotatable bonds is 1. The molecule has 0 saturated carbocycles. The highest BCUT2D eigenvalue weighted by atomic mass is 32.1. The molecule has 3 aromatic rings. The summed E-state index contributed by atoms with van der Waals surface area (Å²) in [5.41, 5.74) is 11.3. The molecule has 0 radical (unpaired) electrons. The van der Waals surface area contributed by atoms with Crippen LogP contribution in [-0.2, 0) is 0 Å². The number of likely N-dealkylation sites (tertiary alicyclic amines) is 1. The molecular weight excluding hydrogens is 406 g/mol. The fourth-order valence-electron chi connectivity index (χ4n) is 4.10. The van der Waals surface area contributed by atoms with E-state index in [4.69, 9.17) is 11.5 Å². The van der Waals surface area contributed by atoms with Gasteiger partial charge in [0, 0.05) is 41.5 Å². The first-order chi connectivity index (χ1) is 14.3. The summed E-state index contributed by atoms with van der Waals surface area (Å²) in [6, 6.07) is 7.12. The molecule has 1 saturated heterocycles. The molecule has 1 aromatic heterocycles. The van der Waals surface area contributed by atoms with Gasteiger partial charge in [0.25, 0.3) is 5.91 Å². The normalized spacial score (nSPS) is 20.5. The van der Waals surface area contributed by atoms with Crippen LogP contribution in [0.25, 0.3) is 10.8 Å². The molecule has 0 spiro atoms. The van der Waals surface area contributed by atoms with Gasteiger partial charge in [0.2, 0.25) is 5.78 Å².